The SMILES string of the molecule is CCc1nnc(C)cc1C(NC)c1ccccc1F. The van der Waals surface area contributed by atoms with Gasteiger partial charge in [0.1, 0.15) is 5.82 Å². The molecule has 0 aliphatic heterocycles. The summed E-state index contributed by atoms with van der Waals surface area (Å²) in [5.41, 5.74) is 3.35. The third-order valence-electron chi connectivity index (χ3n) is 3.18. The molecule has 19 heavy (non-hydrogen) atoms. The van der Waals surface area contributed by atoms with E-state index in [4.69, 9.17) is 0 Å². The van der Waals surface area contributed by atoms with E-state index in [0.29, 0.717) is 5.56 Å². The Balaban J connectivity index is 2.54. The summed E-state index contributed by atoms with van der Waals surface area (Å²) < 4.78 is 14.0. The van der Waals surface area contributed by atoms with Gasteiger partial charge in [-0.3, -0.25) is 0 Å². The molecule has 0 bridgehead atoms. The van der Waals surface area contributed by atoms with Gasteiger partial charge in [-0.15, -0.1) is 0 Å². The highest BCUT2D eigenvalue weighted by atomic mass is 19.1. The molecule has 1 heterocycles. The number of hydrogen-bond donors (Lipinski definition) is 1. The predicted octanol–water partition coefficient (Wildman–Crippen LogP) is 2.80. The van der Waals surface area contributed by atoms with Crippen molar-refractivity contribution in [3.05, 3.63) is 58.7 Å². The second-order valence-electron chi connectivity index (χ2n) is 4.48. The maximum Gasteiger partial charge on any atom is 0.128 e. The van der Waals surface area contributed by atoms with E-state index >= 15 is 0 Å². The van der Waals surface area contributed by atoms with E-state index in [1.54, 1.807) is 12.1 Å². The summed E-state index contributed by atoms with van der Waals surface area (Å²) >= 11 is 0. The highest BCUT2D eigenvalue weighted by molar-refractivity contribution is 5.35. The zero-order valence-electron chi connectivity index (χ0n) is 11.4. The fourth-order valence-corrected chi connectivity index (χ4v) is 2.25. The lowest BCUT2D eigenvalue weighted by Gasteiger charge is -2.20. The highest BCUT2D eigenvalue weighted by Gasteiger charge is 2.19. The average Bonchev–Trinajstić information content (AvgIpc) is 2.42. The number of nitrogens with zero attached hydrogens (tertiary/aromatic N) is 2. The van der Waals surface area contributed by atoms with Crippen molar-refractivity contribution in [1.29, 1.82) is 0 Å². The minimum absolute atomic E-state index is 0.203. The van der Waals surface area contributed by atoms with Gasteiger partial charge < -0.3 is 5.32 Å². The first-order valence-electron chi connectivity index (χ1n) is 6.42. The molecule has 0 aliphatic rings. The Kier molecular flexibility index (Phi) is 4.22. The Morgan fingerprint density at radius 1 is 1.21 bits per heavy atom. The van der Waals surface area contributed by atoms with Gasteiger partial charge in [-0.25, -0.2) is 4.39 Å². The van der Waals surface area contributed by atoms with Gasteiger partial charge in [0.2, 0.25) is 0 Å². The molecule has 0 aliphatic carbocycles. The Labute approximate surface area is 112 Å². The maximum atomic E-state index is 14.0. The number of hydrogen-bond acceptors (Lipinski definition) is 3. The number of aryl methyl sites for hydroxylation is 2. The monoisotopic (exact) mass is 259 g/mol. The van der Waals surface area contributed by atoms with Gasteiger partial charge in [0.25, 0.3) is 0 Å². The summed E-state index contributed by atoms with van der Waals surface area (Å²) in [6, 6.07) is 8.58. The summed E-state index contributed by atoms with van der Waals surface area (Å²) in [5.74, 6) is -0.210. The van der Waals surface area contributed by atoms with Crippen LogP contribution in [0.25, 0.3) is 0 Å². The lowest BCUT2D eigenvalue weighted by molar-refractivity contribution is 0.571. The zero-order chi connectivity index (χ0) is 13.8. The van der Waals surface area contributed by atoms with Gasteiger partial charge in [-0.05, 0) is 38.1 Å². The molecule has 0 fully saturated rings. The quantitative estimate of drug-likeness (QED) is 0.917. The molecule has 3 nitrogen and oxygen atoms in total. The standard InChI is InChI=1S/C15H18FN3/c1-4-14-12(9-10(2)18-19-14)15(17-3)11-7-5-6-8-13(11)16/h5-9,15,17H,4H2,1-3H3. The first kappa shape index (κ1) is 13.6. The molecule has 1 unspecified atom stereocenters. The van der Waals surface area contributed by atoms with Crippen LogP contribution in [0.5, 0.6) is 0 Å². The first-order valence-corrected chi connectivity index (χ1v) is 6.42. The van der Waals surface area contributed by atoms with Crippen LogP contribution >= 0.6 is 0 Å². The Morgan fingerprint density at radius 3 is 2.58 bits per heavy atom. The van der Waals surface area contributed by atoms with Crippen molar-refractivity contribution in [2.45, 2.75) is 26.3 Å². The number of benzene rings is 1. The molecule has 0 spiro atoms. The van der Waals surface area contributed by atoms with E-state index in [-0.39, 0.29) is 11.9 Å². The van der Waals surface area contributed by atoms with Crippen LogP contribution in [0.1, 0.15) is 35.5 Å². The number of aromatic nitrogens is 2. The minimum atomic E-state index is -0.210. The van der Waals surface area contributed by atoms with Crippen LogP contribution in [0.15, 0.2) is 30.3 Å². The van der Waals surface area contributed by atoms with Gasteiger partial charge in [0, 0.05) is 5.56 Å². The number of nitrogens with one attached hydrogen (secondary N) is 1. The Hall–Kier alpha value is -1.81. The smallest absolute Gasteiger partial charge is 0.128 e. The van der Waals surface area contributed by atoms with Crippen molar-refractivity contribution in [1.82, 2.24) is 15.5 Å². The van der Waals surface area contributed by atoms with E-state index in [0.717, 1.165) is 23.4 Å². The van der Waals surface area contributed by atoms with Crippen LogP contribution < -0.4 is 5.32 Å². The van der Waals surface area contributed by atoms with Gasteiger partial charge in [0.05, 0.1) is 17.4 Å². The lowest BCUT2D eigenvalue weighted by atomic mass is 9.96. The maximum absolute atomic E-state index is 14.0. The number of halogens is 1. The minimum Gasteiger partial charge on any atom is -0.309 e. The van der Waals surface area contributed by atoms with Crippen molar-refractivity contribution in [3.8, 4) is 0 Å². The van der Waals surface area contributed by atoms with Crippen molar-refractivity contribution in [2.75, 3.05) is 7.05 Å². The summed E-state index contributed by atoms with van der Waals surface area (Å²) in [7, 11) is 1.83. The van der Waals surface area contributed by atoms with Gasteiger partial charge in [0.15, 0.2) is 0 Å². The molecule has 1 atom stereocenters. The summed E-state index contributed by atoms with van der Waals surface area (Å²) in [4.78, 5) is 0. The molecule has 0 saturated carbocycles. The Bertz CT molecular complexity index is 569. The molecule has 2 aromatic rings. The Morgan fingerprint density at radius 2 is 1.95 bits per heavy atom. The summed E-state index contributed by atoms with van der Waals surface area (Å²) in [6.45, 7) is 3.92. The molecule has 100 valence electrons. The van der Waals surface area contributed by atoms with Crippen LogP contribution in [-0.2, 0) is 6.42 Å². The van der Waals surface area contributed by atoms with Crippen molar-refractivity contribution >= 4 is 0 Å². The molecule has 4 heteroatoms. The van der Waals surface area contributed by atoms with Crippen LogP contribution in [0.2, 0.25) is 0 Å². The van der Waals surface area contributed by atoms with Gasteiger partial charge >= 0.3 is 0 Å². The molecule has 2 rings (SSSR count). The average molecular weight is 259 g/mol. The van der Waals surface area contributed by atoms with Crippen LogP contribution in [-0.4, -0.2) is 17.2 Å². The lowest BCUT2D eigenvalue weighted by Crippen LogP contribution is -2.21. The van der Waals surface area contributed by atoms with Crippen molar-refractivity contribution in [2.24, 2.45) is 0 Å². The van der Waals surface area contributed by atoms with E-state index in [1.807, 2.05) is 33.0 Å². The third-order valence-corrected chi connectivity index (χ3v) is 3.18. The van der Waals surface area contributed by atoms with Gasteiger partial charge in [-0.2, -0.15) is 10.2 Å². The normalized spacial score (nSPS) is 12.4. The van der Waals surface area contributed by atoms with Crippen LogP contribution in [0.3, 0.4) is 0 Å². The summed E-state index contributed by atoms with van der Waals surface area (Å²) in [5, 5.41) is 11.4. The second kappa shape index (κ2) is 5.89. The molecule has 1 N–H and O–H groups in total. The molecular formula is C15H18FN3. The van der Waals surface area contributed by atoms with Gasteiger partial charge in [-0.1, -0.05) is 25.1 Å². The van der Waals surface area contributed by atoms with E-state index in [1.165, 1.54) is 6.07 Å². The fraction of sp³-hybridized carbons (Fsp3) is 0.333. The predicted molar refractivity (Wildman–Crippen MR) is 73.4 cm³/mol. The van der Waals surface area contributed by atoms with Crippen LogP contribution in [0, 0.1) is 12.7 Å². The highest BCUT2D eigenvalue weighted by Crippen LogP contribution is 2.26. The van der Waals surface area contributed by atoms with E-state index in [2.05, 4.69) is 15.5 Å². The van der Waals surface area contributed by atoms with Crippen LogP contribution in [0.4, 0.5) is 4.39 Å². The molecule has 0 saturated heterocycles. The molecule has 0 radical (unpaired) electrons. The molecular weight excluding hydrogens is 241 g/mol. The van der Waals surface area contributed by atoms with E-state index in [9.17, 15) is 4.39 Å². The third kappa shape index (κ3) is 2.79. The zero-order valence-corrected chi connectivity index (χ0v) is 11.4. The van der Waals surface area contributed by atoms with Crippen molar-refractivity contribution < 1.29 is 4.39 Å². The van der Waals surface area contributed by atoms with E-state index < -0.39 is 0 Å². The molecule has 1 aromatic carbocycles. The topological polar surface area (TPSA) is 37.8 Å². The molecule has 1 aromatic heterocycles. The second-order valence-corrected chi connectivity index (χ2v) is 4.48. The fourth-order valence-electron chi connectivity index (χ4n) is 2.25. The number of rotatable bonds is 4. The first-order chi connectivity index (χ1) is 9.17. The largest absolute Gasteiger partial charge is 0.309 e. The van der Waals surface area contributed by atoms with Crippen molar-refractivity contribution in [3.63, 3.8) is 0 Å². The molecule has 0 amide bonds. The summed E-state index contributed by atoms with van der Waals surface area (Å²) in [6.07, 6.45) is 0.773.